The zero-order chi connectivity index (χ0) is 33.5. The molecule has 0 spiro atoms. The van der Waals surface area contributed by atoms with Gasteiger partial charge in [0.2, 0.25) is 17.6 Å². The lowest BCUT2D eigenvalue weighted by molar-refractivity contribution is -0.132. The second-order valence-corrected chi connectivity index (χ2v) is 11.4. The molecule has 14 heteroatoms. The first kappa shape index (κ1) is 32.0. The minimum atomic E-state index is -0.631. The summed E-state index contributed by atoms with van der Waals surface area (Å²) in [5.41, 5.74) is 2.61. The number of H-pyrrole nitrogens is 1. The molecule has 1 saturated heterocycles. The van der Waals surface area contributed by atoms with Crippen LogP contribution >= 0.6 is 0 Å². The normalized spacial score (nSPS) is 13.0. The number of amides is 3. The van der Waals surface area contributed by atoms with Crippen molar-refractivity contribution in [3.8, 4) is 11.4 Å². The molecule has 1 aliphatic heterocycles. The number of aromatic amines is 1. The van der Waals surface area contributed by atoms with E-state index in [0.29, 0.717) is 60.3 Å². The fourth-order valence-corrected chi connectivity index (χ4v) is 5.61. The summed E-state index contributed by atoms with van der Waals surface area (Å²) in [7, 11) is 0. The highest BCUT2D eigenvalue weighted by molar-refractivity contribution is 5.95. The highest BCUT2D eigenvalue weighted by atomic mass is 19.1. The van der Waals surface area contributed by atoms with E-state index in [2.05, 4.69) is 35.9 Å². The van der Waals surface area contributed by atoms with E-state index in [9.17, 15) is 23.6 Å². The van der Waals surface area contributed by atoms with Crippen LogP contribution in [0.1, 0.15) is 46.4 Å². The third-order valence-electron chi connectivity index (χ3n) is 8.23. The lowest BCUT2D eigenvalue weighted by Crippen LogP contribution is -2.50. The number of nitrogens with one attached hydrogen (secondary N) is 2. The first-order valence-corrected chi connectivity index (χ1v) is 15.5. The monoisotopic (exact) mass is 649 g/mol. The minimum Gasteiger partial charge on any atom is -0.352 e. The van der Waals surface area contributed by atoms with Crippen LogP contribution in [-0.2, 0) is 22.6 Å². The highest BCUT2D eigenvalue weighted by Gasteiger charge is 2.26. The Balaban J connectivity index is 0.949. The van der Waals surface area contributed by atoms with Crippen molar-refractivity contribution in [3.05, 3.63) is 112 Å². The summed E-state index contributed by atoms with van der Waals surface area (Å²) >= 11 is 0. The fourth-order valence-electron chi connectivity index (χ4n) is 5.61. The van der Waals surface area contributed by atoms with Gasteiger partial charge in [-0.3, -0.25) is 19.2 Å². The second-order valence-electron chi connectivity index (χ2n) is 11.4. The Bertz CT molecular complexity index is 2000. The molecule has 0 saturated carbocycles. The maximum atomic E-state index is 14.8. The van der Waals surface area contributed by atoms with Crippen molar-refractivity contribution in [2.45, 2.75) is 32.2 Å². The SMILES string of the molecule is O=C(CCCC(=O)N1CCN(C(=O)c2cc(Cc3n[nH]c(=O)c4ccccc34)ccc2F)CC1)NCc1ccc(-c2nncnn2)cc1. The van der Waals surface area contributed by atoms with Gasteiger partial charge in [0.05, 0.1) is 16.6 Å². The van der Waals surface area contributed by atoms with Crippen LogP contribution in [0.3, 0.4) is 0 Å². The highest BCUT2D eigenvalue weighted by Crippen LogP contribution is 2.20. The molecule has 2 N–H and O–H groups in total. The Morgan fingerprint density at radius 2 is 1.52 bits per heavy atom. The summed E-state index contributed by atoms with van der Waals surface area (Å²) in [5.74, 6) is -0.914. The van der Waals surface area contributed by atoms with Crippen molar-refractivity contribution in [2.75, 3.05) is 26.2 Å². The van der Waals surface area contributed by atoms with Crippen LogP contribution in [0.4, 0.5) is 4.39 Å². The van der Waals surface area contributed by atoms with Gasteiger partial charge in [-0.2, -0.15) is 5.10 Å². The van der Waals surface area contributed by atoms with Crippen LogP contribution in [0, 0.1) is 5.82 Å². The smallest absolute Gasteiger partial charge is 0.272 e. The van der Waals surface area contributed by atoms with Crippen LogP contribution in [0.2, 0.25) is 0 Å². The van der Waals surface area contributed by atoms with Gasteiger partial charge in [-0.1, -0.05) is 48.5 Å². The number of carbonyl (C=O) groups excluding carboxylic acids is 3. The summed E-state index contributed by atoms with van der Waals surface area (Å²) < 4.78 is 14.8. The van der Waals surface area contributed by atoms with Crippen LogP contribution < -0.4 is 10.9 Å². The number of piperazine rings is 1. The summed E-state index contributed by atoms with van der Waals surface area (Å²) in [4.78, 5) is 53.9. The molecule has 1 aliphatic rings. The first-order valence-electron chi connectivity index (χ1n) is 15.5. The first-order chi connectivity index (χ1) is 23.4. The van der Waals surface area contributed by atoms with Gasteiger partial charge in [-0.25, -0.2) is 9.49 Å². The van der Waals surface area contributed by atoms with E-state index in [1.807, 2.05) is 30.3 Å². The summed E-state index contributed by atoms with van der Waals surface area (Å²) in [6.07, 6.45) is 2.36. The van der Waals surface area contributed by atoms with E-state index >= 15 is 0 Å². The molecule has 2 aromatic heterocycles. The molecule has 3 heterocycles. The summed E-state index contributed by atoms with van der Waals surface area (Å²) in [6.45, 7) is 1.52. The molecule has 0 unspecified atom stereocenters. The molecule has 3 amide bonds. The molecule has 3 aromatic carbocycles. The van der Waals surface area contributed by atoms with Crippen LogP contribution in [0.25, 0.3) is 22.2 Å². The molecular weight excluding hydrogens is 617 g/mol. The number of aromatic nitrogens is 6. The van der Waals surface area contributed by atoms with Gasteiger partial charge in [0.25, 0.3) is 11.5 Å². The standard InChI is InChI=1S/C34H32FN9O4/c35-28-13-10-23(19-29-25-4-1-2-5-26(25)33(47)42-39-29)18-27(28)34(48)44-16-14-43(15-17-44)31(46)7-3-6-30(45)36-20-22-8-11-24(12-9-22)32-40-37-21-38-41-32/h1-2,4-5,8-13,18,21H,3,6-7,14-17,19-20H2,(H,36,45)(H,42,47). The molecule has 48 heavy (non-hydrogen) atoms. The van der Waals surface area contributed by atoms with E-state index in [4.69, 9.17) is 0 Å². The number of carbonyl (C=O) groups is 3. The summed E-state index contributed by atoms with van der Waals surface area (Å²) in [5, 5.41) is 26.0. The van der Waals surface area contributed by atoms with Crippen molar-refractivity contribution in [3.63, 3.8) is 0 Å². The van der Waals surface area contributed by atoms with Crippen molar-refractivity contribution in [1.82, 2.24) is 45.7 Å². The second kappa shape index (κ2) is 14.7. The van der Waals surface area contributed by atoms with Crippen LogP contribution in [0.15, 0.2) is 77.9 Å². The molecule has 1 fully saturated rings. The van der Waals surface area contributed by atoms with Gasteiger partial charge in [-0.05, 0) is 35.7 Å². The quantitative estimate of drug-likeness (QED) is 0.231. The van der Waals surface area contributed by atoms with E-state index < -0.39 is 11.7 Å². The molecule has 0 aliphatic carbocycles. The van der Waals surface area contributed by atoms with Gasteiger partial charge in [0, 0.05) is 62.9 Å². The maximum absolute atomic E-state index is 14.8. The zero-order valence-corrected chi connectivity index (χ0v) is 25.9. The van der Waals surface area contributed by atoms with Gasteiger partial charge in [0.1, 0.15) is 5.82 Å². The lowest BCUT2D eigenvalue weighted by atomic mass is 10.0. The van der Waals surface area contributed by atoms with Gasteiger partial charge >= 0.3 is 0 Å². The number of halogens is 1. The Morgan fingerprint density at radius 1 is 0.833 bits per heavy atom. The van der Waals surface area contributed by atoms with E-state index in [0.717, 1.165) is 11.1 Å². The third kappa shape index (κ3) is 7.54. The van der Waals surface area contributed by atoms with Crippen molar-refractivity contribution in [2.24, 2.45) is 0 Å². The maximum Gasteiger partial charge on any atom is 0.272 e. The molecule has 0 radical (unpaired) electrons. The lowest BCUT2D eigenvalue weighted by Gasteiger charge is -2.35. The van der Waals surface area contributed by atoms with Gasteiger partial charge in [0.15, 0.2) is 6.33 Å². The predicted octanol–water partition coefficient (Wildman–Crippen LogP) is 2.67. The molecule has 6 rings (SSSR count). The number of fused-ring (bicyclic) bond motifs is 1. The fraction of sp³-hybridized carbons (Fsp3) is 0.265. The molecule has 0 atom stereocenters. The largest absolute Gasteiger partial charge is 0.352 e. The summed E-state index contributed by atoms with van der Waals surface area (Å²) in [6, 6.07) is 18.9. The van der Waals surface area contributed by atoms with E-state index in [-0.39, 0.29) is 48.9 Å². The van der Waals surface area contributed by atoms with Crippen LogP contribution in [-0.4, -0.2) is 84.3 Å². The Hall–Kier alpha value is -5.92. The van der Waals surface area contributed by atoms with E-state index in [1.165, 1.54) is 18.5 Å². The average molecular weight is 650 g/mol. The molecular formula is C34H32FN9O4. The zero-order valence-electron chi connectivity index (χ0n) is 25.9. The third-order valence-corrected chi connectivity index (χ3v) is 8.23. The van der Waals surface area contributed by atoms with Gasteiger partial charge < -0.3 is 15.1 Å². The van der Waals surface area contributed by atoms with Gasteiger partial charge in [-0.15, -0.1) is 20.4 Å². The Kier molecular flexibility index (Phi) is 9.79. The minimum absolute atomic E-state index is 0.0530. The predicted molar refractivity (Wildman–Crippen MR) is 173 cm³/mol. The topological polar surface area (TPSA) is 167 Å². The van der Waals surface area contributed by atoms with E-state index in [1.54, 1.807) is 34.1 Å². The van der Waals surface area contributed by atoms with Crippen molar-refractivity contribution in [1.29, 1.82) is 0 Å². The number of hydrogen-bond acceptors (Lipinski definition) is 9. The number of nitrogens with zero attached hydrogens (tertiary/aromatic N) is 7. The number of hydrogen-bond donors (Lipinski definition) is 2. The van der Waals surface area contributed by atoms with Crippen molar-refractivity contribution < 1.29 is 18.8 Å². The number of benzene rings is 3. The van der Waals surface area contributed by atoms with Crippen LogP contribution in [0.5, 0.6) is 0 Å². The Labute approximate surface area is 274 Å². The molecule has 13 nitrogen and oxygen atoms in total. The average Bonchev–Trinajstić information content (AvgIpc) is 3.13. The number of rotatable bonds is 10. The molecule has 5 aromatic rings. The molecule has 244 valence electrons. The molecule has 0 bridgehead atoms. The Morgan fingerprint density at radius 3 is 2.27 bits per heavy atom. The van der Waals surface area contributed by atoms with Crippen molar-refractivity contribution >= 4 is 28.5 Å².